The first-order chi connectivity index (χ1) is 42.6. The van der Waals surface area contributed by atoms with Gasteiger partial charge in [-0.1, -0.05) is 88.4 Å². The maximum atomic E-state index is 14.4. The number of alkyl carbamates (subject to hydrolysis) is 1. The van der Waals surface area contributed by atoms with Crippen LogP contribution < -0.4 is 53.5 Å². The summed E-state index contributed by atoms with van der Waals surface area (Å²) in [6.45, 7) is 13.7. The number of amides is 10. The van der Waals surface area contributed by atoms with E-state index < -0.39 is 106 Å². The van der Waals surface area contributed by atoms with E-state index in [9.17, 15) is 60.9 Å². The third-order valence-electron chi connectivity index (χ3n) is 13.8. The molecule has 90 heavy (non-hydrogen) atoms. The van der Waals surface area contributed by atoms with Crippen molar-refractivity contribution in [1.29, 1.82) is 0 Å². The third-order valence-corrected chi connectivity index (χ3v) is 14.8. The van der Waals surface area contributed by atoms with Gasteiger partial charge in [-0.15, -0.1) is 0 Å². The molecule has 1 aliphatic heterocycles. The zero-order valence-electron chi connectivity index (χ0n) is 51.8. The molecule has 0 radical (unpaired) electrons. The van der Waals surface area contributed by atoms with Crippen LogP contribution in [-0.4, -0.2) is 144 Å². The number of rotatable bonds is 30. The molecule has 1 aromatic heterocycles. The zero-order valence-corrected chi connectivity index (χ0v) is 52.7. The van der Waals surface area contributed by atoms with E-state index in [4.69, 9.17) is 4.74 Å². The van der Waals surface area contributed by atoms with Crippen LogP contribution in [0.2, 0.25) is 0 Å². The number of hydrazine groups is 1. The molecule has 4 aromatic rings. The van der Waals surface area contributed by atoms with E-state index in [0.717, 1.165) is 5.56 Å². The SMILES string of the molecule is CC(=O)N1CCC[C@H]1C(=O)N[C@@H](CC(C)C)C(=O)NCC(=O)N[C@@H](CCc1ccccc1)C(=O)N[C@@H](CCCNC(=O)OC(C)(C)C)C(=O)N[C@@H](CC(C)C)C(=O)NNC(=O)c1ccc(CNC(=O)c2ccc(N/N=C/c3ccccc3S(=O)(=O)O)nc2)cc1. The second-order valence-corrected chi connectivity index (χ2v) is 24.8. The highest BCUT2D eigenvalue weighted by Gasteiger charge is 2.36. The molecule has 0 spiro atoms. The van der Waals surface area contributed by atoms with Crippen molar-refractivity contribution in [2.75, 3.05) is 25.1 Å². The van der Waals surface area contributed by atoms with Crippen LogP contribution in [0.1, 0.15) is 138 Å². The molecule has 11 N–H and O–H groups in total. The van der Waals surface area contributed by atoms with E-state index in [1.165, 1.54) is 66.7 Å². The Morgan fingerprint density at radius 2 is 1.31 bits per heavy atom. The fourth-order valence-electron chi connectivity index (χ4n) is 9.40. The number of hydrogen-bond donors (Lipinski definition) is 11. The summed E-state index contributed by atoms with van der Waals surface area (Å²) in [6.07, 6.45) is 3.53. The third kappa shape index (κ3) is 24.3. The number of hydrazone groups is 1. The van der Waals surface area contributed by atoms with Crippen molar-refractivity contribution in [2.24, 2.45) is 16.9 Å². The molecule has 2 heterocycles. The van der Waals surface area contributed by atoms with Gasteiger partial charge < -0.3 is 46.9 Å². The maximum absolute atomic E-state index is 14.4. The highest BCUT2D eigenvalue weighted by molar-refractivity contribution is 7.86. The summed E-state index contributed by atoms with van der Waals surface area (Å²) in [5.74, 6) is -5.69. The van der Waals surface area contributed by atoms with Crippen molar-refractivity contribution in [3.8, 4) is 0 Å². The molecule has 5 rings (SSSR count). The van der Waals surface area contributed by atoms with Gasteiger partial charge in [-0.05, 0) is 125 Å². The van der Waals surface area contributed by atoms with Crippen molar-refractivity contribution < 1.29 is 65.7 Å². The Bertz CT molecular complexity index is 3290. The molecule has 10 amide bonds. The van der Waals surface area contributed by atoms with Gasteiger partial charge in [-0.25, -0.2) is 9.78 Å². The van der Waals surface area contributed by atoms with Crippen LogP contribution in [0.15, 0.2) is 107 Å². The first kappa shape index (κ1) is 71.4. The average molecular weight is 1270 g/mol. The van der Waals surface area contributed by atoms with E-state index in [1.807, 2.05) is 58.0 Å². The van der Waals surface area contributed by atoms with Crippen LogP contribution in [0.5, 0.6) is 0 Å². The van der Waals surface area contributed by atoms with Crippen LogP contribution >= 0.6 is 0 Å². The van der Waals surface area contributed by atoms with Crippen LogP contribution in [0.3, 0.4) is 0 Å². The lowest BCUT2D eigenvalue weighted by Gasteiger charge is -2.27. The summed E-state index contributed by atoms with van der Waals surface area (Å²) in [5, 5.41) is 22.8. The average Bonchev–Trinajstić information content (AvgIpc) is 2.15. The van der Waals surface area contributed by atoms with Crippen molar-refractivity contribution in [1.82, 2.24) is 58.0 Å². The van der Waals surface area contributed by atoms with Gasteiger partial charge in [0.2, 0.25) is 35.4 Å². The zero-order chi connectivity index (χ0) is 66.1. The molecule has 28 heteroatoms. The second-order valence-electron chi connectivity index (χ2n) is 23.4. The molecule has 27 nitrogen and oxygen atoms in total. The molecule has 486 valence electrons. The number of benzene rings is 3. The van der Waals surface area contributed by atoms with Crippen molar-refractivity contribution in [3.05, 3.63) is 125 Å². The van der Waals surface area contributed by atoms with E-state index in [1.54, 1.807) is 39.0 Å². The number of ether oxygens (including phenoxy) is 1. The second kappa shape index (κ2) is 34.4. The summed E-state index contributed by atoms with van der Waals surface area (Å²) in [6, 6.07) is 18.2. The molecule has 0 unspecified atom stereocenters. The quantitative estimate of drug-likeness (QED) is 0.0154. The van der Waals surface area contributed by atoms with Gasteiger partial charge in [0.15, 0.2) is 0 Å². The molecule has 5 atom stereocenters. The number of hydrogen-bond acceptors (Lipinski definition) is 16. The molecular weight excluding hydrogens is 1180 g/mol. The number of carbonyl (C=O) groups excluding carboxylic acids is 10. The monoisotopic (exact) mass is 1270 g/mol. The molecule has 1 fully saturated rings. The predicted molar refractivity (Wildman–Crippen MR) is 333 cm³/mol. The van der Waals surface area contributed by atoms with Crippen LogP contribution in [0, 0.1) is 11.8 Å². The fraction of sp³-hybridized carbons (Fsp3) is 0.452. The Morgan fingerprint density at radius 1 is 0.689 bits per heavy atom. The van der Waals surface area contributed by atoms with Crippen molar-refractivity contribution in [3.63, 3.8) is 0 Å². The molecule has 1 saturated heterocycles. The van der Waals surface area contributed by atoms with Gasteiger partial charge in [0.25, 0.3) is 27.8 Å². The Hall–Kier alpha value is -9.31. The van der Waals surface area contributed by atoms with Gasteiger partial charge in [0, 0.05) is 43.9 Å². The summed E-state index contributed by atoms with van der Waals surface area (Å²) < 4.78 is 38.1. The number of carbonyl (C=O) groups is 10. The number of pyridine rings is 1. The summed E-state index contributed by atoms with van der Waals surface area (Å²) in [5.41, 5.74) is 8.48. The Balaban J connectivity index is 1.22. The lowest BCUT2D eigenvalue weighted by molar-refractivity contribution is -0.138. The first-order valence-electron chi connectivity index (χ1n) is 29.6. The summed E-state index contributed by atoms with van der Waals surface area (Å²) in [7, 11) is -4.48. The van der Waals surface area contributed by atoms with Crippen LogP contribution in [0.25, 0.3) is 0 Å². The van der Waals surface area contributed by atoms with Crippen molar-refractivity contribution >= 4 is 81.4 Å². The van der Waals surface area contributed by atoms with Crippen LogP contribution in [-0.2, 0) is 61.4 Å². The van der Waals surface area contributed by atoms with Gasteiger partial charge in [-0.2, -0.15) is 13.5 Å². The highest BCUT2D eigenvalue weighted by Crippen LogP contribution is 2.19. The van der Waals surface area contributed by atoms with Gasteiger partial charge >= 0.3 is 6.09 Å². The van der Waals surface area contributed by atoms with E-state index in [-0.39, 0.29) is 90.3 Å². The number of aryl methyl sites for hydroxylation is 1. The standard InChI is InChI=1S/C62H83N13O14S/c1-38(2)32-48(71-60(84)50-20-15-31-75(50)40(5)76)56(80)66-37-53(77)68-47(28-24-41-16-10-9-11-17-41)58(82)69-46(19-14-30-63-61(85)89-62(6,7)8)57(81)70-49(33-39(3)4)59(83)74-73-55(79)43-25-22-42(23-26-43)34-65-54(78)45-27-29-52(64-35-45)72-67-36-44-18-12-13-21-51(44)90(86,87)88/h9-13,16-18,21-23,25-27,29,35-36,38-39,46-50H,14-15,19-20,24,28,30-34,37H2,1-8H3,(H,63,85)(H,64,72)(H,65,78)(H,66,80)(H,68,77)(H,69,82)(H,70,81)(H,71,84)(H,73,79)(H,74,83)(H,86,87,88)/b67-36+/t46-,47-,48-,49-,50-/m0/s1. The van der Waals surface area contributed by atoms with Crippen molar-refractivity contribution in [2.45, 2.75) is 154 Å². The maximum Gasteiger partial charge on any atom is 0.407 e. The Labute approximate surface area is 524 Å². The molecule has 3 aromatic carbocycles. The Morgan fingerprint density at radius 3 is 1.93 bits per heavy atom. The van der Waals surface area contributed by atoms with E-state index in [0.29, 0.717) is 31.4 Å². The number of aromatic nitrogens is 1. The number of likely N-dealkylation sites (tertiary alicyclic amines) is 1. The molecule has 1 aliphatic rings. The summed E-state index contributed by atoms with van der Waals surface area (Å²) in [4.78, 5) is 140. The van der Waals surface area contributed by atoms with Gasteiger partial charge in [0.1, 0.15) is 46.5 Å². The van der Waals surface area contributed by atoms with Gasteiger partial charge in [0.05, 0.1) is 18.3 Å². The Kier molecular flexibility index (Phi) is 27.3. The predicted octanol–water partition coefficient (Wildman–Crippen LogP) is 3.56. The van der Waals surface area contributed by atoms with Crippen LogP contribution in [0.4, 0.5) is 10.6 Å². The minimum absolute atomic E-state index is 0.0156. The molecule has 0 aliphatic carbocycles. The summed E-state index contributed by atoms with van der Waals surface area (Å²) >= 11 is 0. The van der Waals surface area contributed by atoms with E-state index in [2.05, 4.69) is 63.6 Å². The molecule has 0 saturated carbocycles. The largest absolute Gasteiger partial charge is 0.444 e. The number of nitrogens with zero attached hydrogens (tertiary/aromatic N) is 3. The first-order valence-corrected chi connectivity index (χ1v) is 31.1. The highest BCUT2D eigenvalue weighted by atomic mass is 32.2. The number of nitrogens with one attached hydrogen (secondary N) is 10. The lowest BCUT2D eigenvalue weighted by Crippen LogP contribution is -2.58. The molecule has 0 bridgehead atoms. The molecular formula is C62H83N13O14S. The fourth-order valence-corrected chi connectivity index (χ4v) is 10.1. The minimum Gasteiger partial charge on any atom is -0.444 e. The van der Waals surface area contributed by atoms with Gasteiger partial charge in [-0.3, -0.25) is 64.0 Å². The van der Waals surface area contributed by atoms with E-state index >= 15 is 0 Å². The topological polar surface area (TPSA) is 383 Å². The normalized spacial score (nSPS) is 14.5. The lowest BCUT2D eigenvalue weighted by atomic mass is 10.0. The number of anilines is 1. The smallest absolute Gasteiger partial charge is 0.407 e. The minimum atomic E-state index is -4.48.